The third-order valence-corrected chi connectivity index (χ3v) is 5.92. The van der Waals surface area contributed by atoms with Gasteiger partial charge in [-0.15, -0.1) is 0 Å². The second-order valence-corrected chi connectivity index (χ2v) is 9.35. The van der Waals surface area contributed by atoms with Crippen LogP contribution in [0.25, 0.3) is 28.9 Å². The van der Waals surface area contributed by atoms with E-state index in [-0.39, 0.29) is 11.8 Å². The molecular formula is C31H41N11O2. The first-order valence-corrected chi connectivity index (χ1v) is 13.8. The van der Waals surface area contributed by atoms with Crippen LogP contribution in [0.1, 0.15) is 38.2 Å². The molecule has 2 amide bonds. The van der Waals surface area contributed by atoms with Gasteiger partial charge < -0.3 is 19.8 Å². The van der Waals surface area contributed by atoms with E-state index in [1.807, 2.05) is 32.3 Å². The van der Waals surface area contributed by atoms with Crippen molar-refractivity contribution in [3.8, 4) is 11.5 Å². The highest BCUT2D eigenvalue weighted by Gasteiger charge is 2.25. The van der Waals surface area contributed by atoms with E-state index in [0.717, 1.165) is 59.4 Å². The largest absolute Gasteiger partial charge is 0.375 e. The van der Waals surface area contributed by atoms with Crippen LogP contribution in [0.5, 0.6) is 0 Å². The summed E-state index contributed by atoms with van der Waals surface area (Å²) in [6, 6.07) is 1.89. The van der Waals surface area contributed by atoms with E-state index in [4.69, 9.17) is 0 Å². The van der Waals surface area contributed by atoms with Gasteiger partial charge in [0.05, 0.1) is 5.69 Å². The molecule has 0 atom stereocenters. The maximum absolute atomic E-state index is 10.6. The van der Waals surface area contributed by atoms with E-state index in [1.165, 1.54) is 12.5 Å². The van der Waals surface area contributed by atoms with Crippen LogP contribution in [0.15, 0.2) is 88.8 Å². The van der Waals surface area contributed by atoms with Gasteiger partial charge in [-0.3, -0.25) is 19.6 Å². The van der Waals surface area contributed by atoms with Crippen molar-refractivity contribution in [2.45, 2.75) is 26.7 Å². The molecule has 0 aromatic carbocycles. The first kappa shape index (κ1) is 34.8. The number of hydrogen-bond donors (Lipinski definition) is 3. The Morgan fingerprint density at radius 3 is 2.00 bits per heavy atom. The van der Waals surface area contributed by atoms with Crippen molar-refractivity contribution in [2.24, 2.45) is 0 Å². The summed E-state index contributed by atoms with van der Waals surface area (Å²) in [5.74, 6) is 1.25. The molecule has 0 saturated carbocycles. The van der Waals surface area contributed by atoms with Gasteiger partial charge in [0.25, 0.3) is 0 Å². The fourth-order valence-corrected chi connectivity index (χ4v) is 3.51. The Morgan fingerprint density at radius 1 is 0.886 bits per heavy atom. The molecule has 0 aliphatic carbocycles. The molecule has 3 N–H and O–H groups in total. The highest BCUT2D eigenvalue weighted by Crippen LogP contribution is 2.11. The molecule has 44 heavy (non-hydrogen) atoms. The lowest BCUT2D eigenvalue weighted by Crippen LogP contribution is -2.40. The van der Waals surface area contributed by atoms with Crippen molar-refractivity contribution in [3.05, 3.63) is 100 Å². The van der Waals surface area contributed by atoms with E-state index < -0.39 is 0 Å². The van der Waals surface area contributed by atoms with Crippen LogP contribution < -0.4 is 5.32 Å². The lowest BCUT2D eigenvalue weighted by Gasteiger charge is -2.24. The Balaban J connectivity index is 0.000000193. The smallest absolute Gasteiger partial charge is 0.233 e. The number of H-pyrrole nitrogens is 2. The summed E-state index contributed by atoms with van der Waals surface area (Å²) in [4.78, 5) is 43.4. The summed E-state index contributed by atoms with van der Waals surface area (Å²) >= 11 is 0. The minimum atomic E-state index is -0.144. The Hall–Kier alpha value is -5.43. The molecule has 13 heteroatoms. The molecule has 6 heterocycles. The summed E-state index contributed by atoms with van der Waals surface area (Å²) in [5.41, 5.74) is 3.68. The molecule has 0 unspecified atom stereocenters. The highest BCUT2D eigenvalue weighted by atomic mass is 16.2. The second-order valence-electron chi connectivity index (χ2n) is 9.35. The number of rotatable bonds is 5. The molecule has 0 radical (unpaired) electrons. The van der Waals surface area contributed by atoms with E-state index >= 15 is 0 Å². The fraction of sp³-hybridized carbons (Fsp3) is 0.258. The van der Waals surface area contributed by atoms with Gasteiger partial charge in [-0.2, -0.15) is 5.10 Å². The number of aromatic nitrogens is 8. The number of imide groups is 1. The van der Waals surface area contributed by atoms with Crippen molar-refractivity contribution < 1.29 is 9.59 Å². The van der Waals surface area contributed by atoms with E-state index in [2.05, 4.69) is 78.2 Å². The van der Waals surface area contributed by atoms with E-state index in [1.54, 1.807) is 35.7 Å². The topological polar surface area (TPSA) is 154 Å². The van der Waals surface area contributed by atoms with E-state index in [9.17, 15) is 9.59 Å². The lowest BCUT2D eigenvalue weighted by atomic mass is 10.3. The van der Waals surface area contributed by atoms with Crippen LogP contribution >= 0.6 is 0 Å². The van der Waals surface area contributed by atoms with Crippen LogP contribution in [0.3, 0.4) is 0 Å². The van der Waals surface area contributed by atoms with Crippen molar-refractivity contribution in [1.29, 1.82) is 0 Å². The van der Waals surface area contributed by atoms with Crippen LogP contribution in [0, 0.1) is 0 Å². The Labute approximate surface area is 258 Å². The number of nitrogens with one attached hydrogen (secondary N) is 3. The minimum absolute atomic E-state index is 0.144. The number of allylic oxidation sites excluding steroid dienone is 2. The molecule has 2 aromatic heterocycles. The average molecular weight is 600 g/mol. The maximum atomic E-state index is 10.6. The third kappa shape index (κ3) is 11.8. The second kappa shape index (κ2) is 18.9. The predicted octanol–water partition coefficient (Wildman–Crippen LogP) is 4.08. The van der Waals surface area contributed by atoms with Gasteiger partial charge in [0.15, 0.2) is 5.82 Å². The molecule has 4 aliphatic rings. The number of likely N-dealkylation sites (tertiary alicyclic amines) is 1. The highest BCUT2D eigenvalue weighted by molar-refractivity contribution is 6.02. The summed E-state index contributed by atoms with van der Waals surface area (Å²) in [5, 5.41) is 9.85. The van der Waals surface area contributed by atoms with Crippen LogP contribution in [-0.2, 0) is 9.59 Å². The molecule has 0 bridgehead atoms. The normalized spacial score (nSPS) is 13.5. The third-order valence-electron chi connectivity index (χ3n) is 5.92. The van der Waals surface area contributed by atoms with Crippen LogP contribution in [0.2, 0.25) is 0 Å². The summed E-state index contributed by atoms with van der Waals surface area (Å²) in [6.45, 7) is 26.3. The first-order valence-electron chi connectivity index (χ1n) is 13.8. The predicted molar refractivity (Wildman–Crippen MR) is 173 cm³/mol. The molecular weight excluding hydrogens is 558 g/mol. The number of carbonyl (C=O) groups excluding carboxylic acids is 2. The summed E-state index contributed by atoms with van der Waals surface area (Å²) in [6.07, 6.45) is 15.7. The molecule has 0 spiro atoms. The number of fused-ring (bicyclic) bond motifs is 1. The minimum Gasteiger partial charge on any atom is -0.375 e. The van der Waals surface area contributed by atoms with Crippen molar-refractivity contribution in [2.75, 3.05) is 26.2 Å². The number of carbonyl (C=O) groups is 2. The number of aromatic amines is 2. The molecule has 2 fully saturated rings. The van der Waals surface area contributed by atoms with Crippen LogP contribution in [-0.4, -0.2) is 87.5 Å². The molecule has 2 aromatic rings. The zero-order chi connectivity index (χ0) is 32.3. The molecule has 6 rings (SSSR count). The van der Waals surface area contributed by atoms with Gasteiger partial charge >= 0.3 is 0 Å². The van der Waals surface area contributed by atoms with E-state index in [0.29, 0.717) is 18.7 Å². The SMILES string of the molecule is C=C(C)c1cc[nH]n1.C=C(C)c1ncc[nH]1.C=CN1C(=O)CCC1=O.C=CN1CCNCC1.C=Cn1cnc2ncnc-2c1. The van der Waals surface area contributed by atoms with Crippen molar-refractivity contribution in [3.63, 3.8) is 0 Å². The maximum Gasteiger partial charge on any atom is 0.233 e. The summed E-state index contributed by atoms with van der Waals surface area (Å²) in [7, 11) is 0. The Kier molecular flexibility index (Phi) is 14.9. The zero-order valence-corrected chi connectivity index (χ0v) is 25.4. The monoisotopic (exact) mass is 599 g/mol. The molecule has 2 saturated heterocycles. The Morgan fingerprint density at radius 2 is 1.59 bits per heavy atom. The lowest BCUT2D eigenvalue weighted by molar-refractivity contribution is -0.135. The van der Waals surface area contributed by atoms with Crippen molar-refractivity contribution >= 4 is 29.2 Å². The number of nitrogens with zero attached hydrogens (tertiary/aromatic N) is 8. The molecule has 232 valence electrons. The van der Waals surface area contributed by atoms with Gasteiger partial charge in [-0.05, 0) is 37.3 Å². The van der Waals surface area contributed by atoms with Gasteiger partial charge in [0, 0.05) is 76.2 Å². The quantitative estimate of drug-likeness (QED) is 0.288. The molecule has 13 nitrogen and oxygen atoms in total. The van der Waals surface area contributed by atoms with Gasteiger partial charge in [0.2, 0.25) is 11.8 Å². The van der Waals surface area contributed by atoms with Gasteiger partial charge in [-0.25, -0.2) is 19.9 Å². The number of imidazole rings is 2. The zero-order valence-electron chi connectivity index (χ0n) is 25.4. The van der Waals surface area contributed by atoms with Crippen LogP contribution in [0.4, 0.5) is 0 Å². The standard InChI is InChI=1S/C7H6N4.2C6H8N2.C6H12N2.C6H7NO2/c1-2-11-3-6-7(10-5-11)9-4-8-6;1-5(2)6-7-3-4-8-6;1-5(2)6-3-4-7-8-6;1-2-8-5-3-7-4-6-8;1-2-7-5(8)3-4-6(7)9/h2-5H,1H2;2*3-4H,1H2,2H3,(H,7,8);2,7H,1,3-6H2;2H,1,3-4H2. The van der Waals surface area contributed by atoms with Gasteiger partial charge in [-0.1, -0.05) is 32.9 Å². The fourth-order valence-electron chi connectivity index (χ4n) is 3.51. The average Bonchev–Trinajstić information content (AvgIpc) is 3.87. The molecule has 4 aliphatic heterocycles. The summed E-state index contributed by atoms with van der Waals surface area (Å²) < 4.78 is 1.73. The first-order chi connectivity index (χ1) is 21.2. The Bertz CT molecular complexity index is 1390. The number of piperazine rings is 1. The van der Waals surface area contributed by atoms with Crippen molar-refractivity contribution in [1.82, 2.24) is 54.8 Å². The van der Waals surface area contributed by atoms with Gasteiger partial charge in [0.1, 0.15) is 24.2 Å². The number of hydrogen-bond acceptors (Lipinski definition) is 9. The number of amides is 2.